The van der Waals surface area contributed by atoms with E-state index in [-0.39, 0.29) is 52.2 Å². The van der Waals surface area contributed by atoms with E-state index in [1.807, 2.05) is 25.1 Å². The number of amides is 3. The van der Waals surface area contributed by atoms with Crippen molar-refractivity contribution in [3.05, 3.63) is 89.1 Å². The monoisotopic (exact) mass is 1030 g/mol. The van der Waals surface area contributed by atoms with Gasteiger partial charge in [-0.25, -0.2) is 8.78 Å². The van der Waals surface area contributed by atoms with Crippen LogP contribution in [0.15, 0.2) is 60.8 Å². The van der Waals surface area contributed by atoms with Crippen LogP contribution in [-0.4, -0.2) is 124 Å². The number of aryl methyl sites for hydroxylation is 1. The van der Waals surface area contributed by atoms with Crippen molar-refractivity contribution >= 4 is 61.7 Å². The van der Waals surface area contributed by atoms with Crippen molar-refractivity contribution in [1.29, 1.82) is 0 Å². The van der Waals surface area contributed by atoms with E-state index in [2.05, 4.69) is 37.1 Å². The molecule has 2 aromatic heterocycles. The SMILES string of the molecule is CCc1c(F)ccc2cc(O)cc(-c3ncc4c(N5CCCC6(CCO6)C5)nc(OCC5(CN6CCC7(CC6)CC(N6CCC(c8ccc9c%10c(cccc8%10)C(=O)N9C8CCC(=O)NC8=O)CC6)C7)CC5)nc4c3F)c12. The third-order valence-corrected chi connectivity index (χ3v) is 19.3. The zero-order valence-corrected chi connectivity index (χ0v) is 43.1. The van der Waals surface area contributed by atoms with E-state index in [1.54, 1.807) is 23.2 Å². The molecule has 2 N–H and O–H groups in total. The molecule has 16 heteroatoms. The molecule has 2 aliphatic carbocycles. The molecule has 6 aliphatic heterocycles. The topological polar surface area (TPSA) is 154 Å². The second-order valence-corrected chi connectivity index (χ2v) is 23.8. The number of hydrogen-bond acceptors (Lipinski definition) is 12. The van der Waals surface area contributed by atoms with Crippen LogP contribution in [0.1, 0.15) is 118 Å². The highest BCUT2D eigenvalue weighted by molar-refractivity contribution is 6.27. The lowest BCUT2D eigenvalue weighted by molar-refractivity contribution is -0.151. The average Bonchev–Trinajstić information content (AvgIpc) is 4.24. The molecule has 8 aliphatic rings. The van der Waals surface area contributed by atoms with Crippen LogP contribution in [0, 0.1) is 22.5 Å². The highest BCUT2D eigenvalue weighted by Crippen LogP contribution is 2.54. The van der Waals surface area contributed by atoms with Crippen LogP contribution in [0.5, 0.6) is 11.8 Å². The van der Waals surface area contributed by atoms with Gasteiger partial charge in [0.25, 0.3) is 5.91 Å². The zero-order valence-electron chi connectivity index (χ0n) is 43.1. The lowest BCUT2D eigenvalue weighted by Crippen LogP contribution is -2.56. The van der Waals surface area contributed by atoms with Crippen molar-refractivity contribution in [2.75, 3.05) is 68.8 Å². The summed E-state index contributed by atoms with van der Waals surface area (Å²) in [5.41, 5.74) is 3.62. The molecule has 14 rings (SSSR count). The van der Waals surface area contributed by atoms with Crippen molar-refractivity contribution < 1.29 is 37.7 Å². The number of anilines is 2. The van der Waals surface area contributed by atoms with Gasteiger partial charge in [-0.05, 0) is 172 Å². The van der Waals surface area contributed by atoms with Gasteiger partial charge in [0.05, 0.1) is 29.9 Å². The van der Waals surface area contributed by atoms with Crippen LogP contribution in [0.3, 0.4) is 0 Å². The molecule has 2 unspecified atom stereocenters. The zero-order chi connectivity index (χ0) is 51.7. The van der Waals surface area contributed by atoms with E-state index >= 15 is 8.78 Å². The third-order valence-electron chi connectivity index (χ3n) is 19.3. The fourth-order valence-corrected chi connectivity index (χ4v) is 14.7. The molecule has 394 valence electrons. The first-order chi connectivity index (χ1) is 36.9. The van der Waals surface area contributed by atoms with Gasteiger partial charge >= 0.3 is 6.01 Å². The second kappa shape index (κ2) is 18.1. The maximum absolute atomic E-state index is 17.3. The Morgan fingerprint density at radius 1 is 0.868 bits per heavy atom. The number of pyridine rings is 1. The Hall–Kier alpha value is -6.36. The molecular formula is C60H64F2N8O6. The number of piperidine rings is 4. The molecule has 8 heterocycles. The number of hydrogen-bond donors (Lipinski definition) is 2. The number of halogens is 2. The number of benzene rings is 4. The molecule has 76 heavy (non-hydrogen) atoms. The summed E-state index contributed by atoms with van der Waals surface area (Å²) >= 11 is 0. The Labute approximate surface area is 440 Å². The molecule has 6 aromatic rings. The normalized spacial score (nSPS) is 24.7. The summed E-state index contributed by atoms with van der Waals surface area (Å²) in [7, 11) is 0. The second-order valence-electron chi connectivity index (χ2n) is 23.8. The van der Waals surface area contributed by atoms with Gasteiger partial charge in [-0.1, -0.05) is 31.2 Å². The van der Waals surface area contributed by atoms with Crippen LogP contribution in [0.25, 0.3) is 43.7 Å². The van der Waals surface area contributed by atoms with Crippen LogP contribution in [-0.2, 0) is 20.7 Å². The maximum atomic E-state index is 17.3. The summed E-state index contributed by atoms with van der Waals surface area (Å²) in [6.45, 7) is 9.56. The van der Waals surface area contributed by atoms with Crippen molar-refractivity contribution in [2.24, 2.45) is 10.8 Å². The lowest BCUT2D eigenvalue weighted by atomic mass is 9.59. The number of rotatable bonds is 11. The van der Waals surface area contributed by atoms with E-state index in [0.717, 1.165) is 107 Å². The third kappa shape index (κ3) is 8.01. The minimum Gasteiger partial charge on any atom is -0.508 e. The molecule has 4 aromatic carbocycles. The van der Waals surface area contributed by atoms with Crippen LogP contribution < -0.4 is 19.9 Å². The van der Waals surface area contributed by atoms with Gasteiger partial charge in [0, 0.05) is 66.6 Å². The summed E-state index contributed by atoms with van der Waals surface area (Å²) in [6.07, 6.45) is 14.5. The Morgan fingerprint density at radius 2 is 1.68 bits per heavy atom. The number of carbonyl (C=O) groups excluding carboxylic acids is 3. The standard InChI is InChI=1S/C60H64F2N8O6/c1-2-39-45(61)9-7-36-27-38(71)28-43(49(36)39)52-51(62)53-44(31-63-52)54(69-21-4-15-60(33-69)20-26-76-60)66-57(65-53)75-34-59(16-17-59)32-67-24-18-58(19-25-67)29-37(30-58)68-22-13-35(14-23-68)40-8-10-46-50-41(40)5-3-6-42(50)56(74)70(46)47-11-12-48(72)64-55(47)73/h3,5-10,27-28,31,35,37,47,71H,2,4,11-26,29-30,32-34H2,1H3,(H,64,72,73). The highest BCUT2D eigenvalue weighted by atomic mass is 19.1. The first-order valence-electron chi connectivity index (χ1n) is 27.9. The summed E-state index contributed by atoms with van der Waals surface area (Å²) in [5, 5.41) is 16.8. The number of fused-ring (bicyclic) bond motifs is 2. The largest absolute Gasteiger partial charge is 0.508 e. The summed E-state index contributed by atoms with van der Waals surface area (Å²) in [5.74, 6) is -1.03. The van der Waals surface area contributed by atoms with E-state index in [4.69, 9.17) is 19.4 Å². The maximum Gasteiger partial charge on any atom is 0.319 e. The number of carbonyl (C=O) groups is 3. The van der Waals surface area contributed by atoms with Gasteiger partial charge in [0.2, 0.25) is 11.8 Å². The van der Waals surface area contributed by atoms with Gasteiger partial charge in [0.15, 0.2) is 5.82 Å². The number of imide groups is 1. The quantitative estimate of drug-likeness (QED) is 0.119. The molecule has 7 fully saturated rings. The van der Waals surface area contributed by atoms with E-state index in [1.165, 1.54) is 43.4 Å². The molecule has 0 bridgehead atoms. The fraction of sp³-hybridized carbons (Fsp3) is 0.500. The number of likely N-dealkylation sites (tertiary alicyclic amines) is 2. The molecule has 2 spiro atoms. The Bertz CT molecular complexity index is 3390. The van der Waals surface area contributed by atoms with Gasteiger partial charge < -0.3 is 29.3 Å². The van der Waals surface area contributed by atoms with E-state index < -0.39 is 23.6 Å². The Kier molecular flexibility index (Phi) is 11.5. The number of nitrogens with one attached hydrogen (secondary N) is 1. The van der Waals surface area contributed by atoms with Crippen LogP contribution in [0.4, 0.5) is 20.3 Å². The van der Waals surface area contributed by atoms with E-state index in [0.29, 0.717) is 82.0 Å². The minimum atomic E-state index is -0.689. The number of aromatic nitrogens is 3. The van der Waals surface area contributed by atoms with Crippen molar-refractivity contribution in [2.45, 2.75) is 120 Å². The average molecular weight is 1030 g/mol. The lowest BCUT2D eigenvalue weighted by Gasteiger charge is -2.56. The van der Waals surface area contributed by atoms with Crippen LogP contribution in [0.2, 0.25) is 0 Å². The predicted molar refractivity (Wildman–Crippen MR) is 285 cm³/mol. The molecule has 5 saturated heterocycles. The summed E-state index contributed by atoms with van der Waals surface area (Å²) < 4.78 is 45.3. The summed E-state index contributed by atoms with van der Waals surface area (Å²) in [4.78, 5) is 62.1. The minimum absolute atomic E-state index is 0.0147. The molecule has 2 atom stereocenters. The fourth-order valence-electron chi connectivity index (χ4n) is 14.7. The molecular weight excluding hydrogens is 967 g/mol. The van der Waals surface area contributed by atoms with Crippen molar-refractivity contribution in [3.63, 3.8) is 0 Å². The Morgan fingerprint density at radius 3 is 2.43 bits per heavy atom. The molecule has 14 nitrogen and oxygen atoms in total. The summed E-state index contributed by atoms with van der Waals surface area (Å²) in [6, 6.07) is 16.2. The Balaban J connectivity index is 0.627. The molecule has 2 saturated carbocycles. The number of aromatic hydroxyl groups is 1. The highest BCUT2D eigenvalue weighted by Gasteiger charge is 2.51. The molecule has 3 amide bonds. The van der Waals surface area contributed by atoms with Gasteiger partial charge in [-0.15, -0.1) is 0 Å². The number of phenolic OH excluding ortho intramolecular Hbond substituents is 1. The first kappa shape index (κ1) is 48.0. The number of ether oxygens (including phenoxy) is 2. The number of phenols is 1. The smallest absolute Gasteiger partial charge is 0.319 e. The number of nitrogens with zero attached hydrogens (tertiary/aromatic N) is 7. The molecule has 0 radical (unpaired) electrons. The van der Waals surface area contributed by atoms with Gasteiger partial charge in [-0.3, -0.25) is 29.6 Å². The first-order valence-corrected chi connectivity index (χ1v) is 27.9. The predicted octanol–water partition coefficient (Wildman–Crippen LogP) is 9.35. The van der Waals surface area contributed by atoms with Gasteiger partial charge in [0.1, 0.15) is 34.6 Å². The van der Waals surface area contributed by atoms with Crippen molar-refractivity contribution in [1.82, 2.24) is 30.1 Å². The van der Waals surface area contributed by atoms with E-state index in [9.17, 15) is 19.5 Å². The van der Waals surface area contributed by atoms with Gasteiger partial charge in [-0.2, -0.15) is 9.97 Å². The van der Waals surface area contributed by atoms with Crippen LogP contribution >= 0.6 is 0 Å². The van der Waals surface area contributed by atoms with Crippen molar-refractivity contribution in [3.8, 4) is 23.0 Å².